The van der Waals surface area contributed by atoms with Gasteiger partial charge in [0.25, 0.3) is 0 Å². The Morgan fingerprint density at radius 2 is 1.68 bits per heavy atom. The molecule has 3 aromatic carbocycles. The van der Waals surface area contributed by atoms with E-state index in [1.54, 1.807) is 26.4 Å². The quantitative estimate of drug-likeness (QED) is 0.382. The zero-order valence-electron chi connectivity index (χ0n) is 23.0. The summed E-state index contributed by atoms with van der Waals surface area (Å²) in [7, 11) is 3.12. The van der Waals surface area contributed by atoms with Gasteiger partial charge >= 0.3 is 6.18 Å². The van der Waals surface area contributed by atoms with Gasteiger partial charge in [0.15, 0.2) is 11.5 Å². The first-order chi connectivity index (χ1) is 19.7. The number of carbonyl (C=O) groups is 1. The van der Waals surface area contributed by atoms with Crippen LogP contribution < -0.4 is 19.7 Å². The molecular weight excluding hydrogens is 538 g/mol. The lowest BCUT2D eigenvalue weighted by Crippen LogP contribution is -2.61. The number of carbonyl (C=O) groups excluding carboxylic acids is 1. The van der Waals surface area contributed by atoms with Crippen molar-refractivity contribution in [1.29, 1.82) is 0 Å². The molecule has 2 unspecified atom stereocenters. The second kappa shape index (κ2) is 12.0. The van der Waals surface area contributed by atoms with Gasteiger partial charge in [0.05, 0.1) is 31.7 Å². The van der Waals surface area contributed by atoms with Crippen LogP contribution in [0.4, 0.5) is 23.2 Å². The predicted octanol–water partition coefficient (Wildman–Crippen LogP) is 5.08. The van der Waals surface area contributed by atoms with Crippen molar-refractivity contribution in [2.45, 2.75) is 31.6 Å². The third-order valence-corrected chi connectivity index (χ3v) is 7.94. The van der Waals surface area contributed by atoms with Crippen molar-refractivity contribution in [3.8, 4) is 11.5 Å². The second-order valence-electron chi connectivity index (χ2n) is 10.5. The maximum absolute atomic E-state index is 13.6. The summed E-state index contributed by atoms with van der Waals surface area (Å²) in [5.41, 5.74) is 2.48. The highest BCUT2D eigenvalue weighted by atomic mass is 19.4. The minimum atomic E-state index is -4.46. The van der Waals surface area contributed by atoms with Crippen LogP contribution in [0.25, 0.3) is 0 Å². The Kier molecular flexibility index (Phi) is 8.40. The summed E-state index contributed by atoms with van der Waals surface area (Å²) in [4.78, 5) is 17.9. The van der Waals surface area contributed by atoms with Gasteiger partial charge in [-0.15, -0.1) is 0 Å². The van der Waals surface area contributed by atoms with Crippen LogP contribution in [0.15, 0.2) is 60.7 Å². The average Bonchev–Trinajstić information content (AvgIpc) is 2.96. The maximum Gasteiger partial charge on any atom is 0.416 e. The van der Waals surface area contributed by atoms with Crippen LogP contribution in [-0.2, 0) is 30.4 Å². The summed E-state index contributed by atoms with van der Waals surface area (Å²) >= 11 is 0. The number of halogens is 4. The summed E-state index contributed by atoms with van der Waals surface area (Å²) in [6, 6.07) is 15.5. The van der Waals surface area contributed by atoms with E-state index in [2.05, 4.69) is 15.1 Å². The van der Waals surface area contributed by atoms with Gasteiger partial charge in [-0.05, 0) is 72.0 Å². The average molecular weight is 572 g/mol. The first-order valence-electron chi connectivity index (χ1n) is 13.6. The minimum Gasteiger partial charge on any atom is -0.493 e. The van der Waals surface area contributed by atoms with Crippen molar-refractivity contribution in [2.75, 3.05) is 45.3 Å². The molecule has 2 aliphatic rings. The van der Waals surface area contributed by atoms with Crippen molar-refractivity contribution in [2.24, 2.45) is 5.92 Å². The van der Waals surface area contributed by atoms with E-state index < -0.39 is 17.7 Å². The number of ether oxygens (including phenoxy) is 2. The van der Waals surface area contributed by atoms with E-state index in [4.69, 9.17) is 9.47 Å². The van der Waals surface area contributed by atoms with Gasteiger partial charge < -0.3 is 19.7 Å². The van der Waals surface area contributed by atoms with Gasteiger partial charge in [0.2, 0.25) is 5.91 Å². The lowest BCUT2D eigenvalue weighted by molar-refractivity contribution is -0.137. The Hall–Kier alpha value is -3.79. The molecule has 41 heavy (non-hydrogen) atoms. The van der Waals surface area contributed by atoms with Crippen molar-refractivity contribution >= 4 is 11.6 Å². The van der Waals surface area contributed by atoms with Crippen LogP contribution >= 0.6 is 0 Å². The van der Waals surface area contributed by atoms with E-state index in [1.807, 2.05) is 18.2 Å². The minimum absolute atomic E-state index is 0.188. The number of anilines is 1. The fraction of sp³-hybridized carbons (Fsp3) is 0.387. The van der Waals surface area contributed by atoms with Gasteiger partial charge in [-0.1, -0.05) is 18.2 Å². The molecule has 3 aromatic rings. The smallest absolute Gasteiger partial charge is 0.416 e. The molecule has 2 atom stereocenters. The third-order valence-electron chi connectivity index (χ3n) is 7.94. The van der Waals surface area contributed by atoms with Crippen molar-refractivity contribution in [1.82, 2.24) is 10.2 Å². The van der Waals surface area contributed by atoms with Crippen LogP contribution in [-0.4, -0.2) is 57.2 Å². The molecule has 0 aliphatic carbocycles. The van der Waals surface area contributed by atoms with Gasteiger partial charge in [-0.3, -0.25) is 9.69 Å². The summed E-state index contributed by atoms with van der Waals surface area (Å²) in [6.45, 7) is 2.76. The number of alkyl halides is 3. The molecule has 2 aliphatic heterocycles. The lowest BCUT2D eigenvalue weighted by Gasteiger charge is -2.49. The molecule has 0 radical (unpaired) electrons. The van der Waals surface area contributed by atoms with Gasteiger partial charge in [0.1, 0.15) is 5.82 Å². The molecule has 1 N–H and O–H groups in total. The lowest BCUT2D eigenvalue weighted by atomic mass is 9.82. The van der Waals surface area contributed by atoms with Crippen molar-refractivity contribution in [3.05, 3.63) is 88.7 Å². The van der Waals surface area contributed by atoms with Gasteiger partial charge in [0, 0.05) is 38.4 Å². The molecule has 5 rings (SSSR count). The Morgan fingerprint density at radius 3 is 2.39 bits per heavy atom. The SMILES string of the molecule is COc1ccc(CCNC(=O)C2Cc3cc(C(F)(F)F)ccc3N3CCN(Cc4ccc(F)cc4)CC23)cc1OC. The second-order valence-corrected chi connectivity index (χ2v) is 10.5. The molecule has 0 aromatic heterocycles. The number of nitrogens with zero attached hydrogens (tertiary/aromatic N) is 2. The molecule has 0 saturated carbocycles. The number of piperazine rings is 1. The number of rotatable bonds is 8. The molecule has 1 fully saturated rings. The molecule has 1 amide bonds. The summed E-state index contributed by atoms with van der Waals surface area (Å²) in [5.74, 6) is 0.187. The summed E-state index contributed by atoms with van der Waals surface area (Å²) in [6.07, 6.45) is -3.69. The highest BCUT2D eigenvalue weighted by molar-refractivity contribution is 5.82. The Labute approximate surface area is 236 Å². The fourth-order valence-corrected chi connectivity index (χ4v) is 5.85. The van der Waals surface area contributed by atoms with Gasteiger partial charge in [-0.2, -0.15) is 13.2 Å². The number of hydrogen-bond acceptors (Lipinski definition) is 5. The predicted molar refractivity (Wildman–Crippen MR) is 148 cm³/mol. The molecule has 2 heterocycles. The number of fused-ring (bicyclic) bond motifs is 3. The zero-order chi connectivity index (χ0) is 29.1. The largest absolute Gasteiger partial charge is 0.493 e. The fourth-order valence-electron chi connectivity index (χ4n) is 5.85. The van der Waals surface area contributed by atoms with E-state index >= 15 is 0 Å². The number of amides is 1. The Bertz CT molecular complexity index is 1380. The van der Waals surface area contributed by atoms with E-state index in [0.29, 0.717) is 56.2 Å². The Morgan fingerprint density at radius 1 is 0.951 bits per heavy atom. The first kappa shape index (κ1) is 28.7. The Balaban J connectivity index is 1.34. The van der Waals surface area contributed by atoms with E-state index in [1.165, 1.54) is 24.3 Å². The van der Waals surface area contributed by atoms with Gasteiger partial charge in [-0.25, -0.2) is 4.39 Å². The monoisotopic (exact) mass is 571 g/mol. The highest BCUT2D eigenvalue weighted by Crippen LogP contribution is 2.40. The number of benzene rings is 3. The van der Waals surface area contributed by atoms with Crippen LogP contribution in [0.2, 0.25) is 0 Å². The maximum atomic E-state index is 13.6. The molecule has 1 saturated heterocycles. The molecular formula is C31H33F4N3O3. The number of hydrogen-bond donors (Lipinski definition) is 1. The topological polar surface area (TPSA) is 54.0 Å². The summed E-state index contributed by atoms with van der Waals surface area (Å²) < 4.78 is 64.6. The molecule has 10 heteroatoms. The number of nitrogens with one attached hydrogen (secondary N) is 1. The van der Waals surface area contributed by atoms with Crippen LogP contribution in [0.5, 0.6) is 11.5 Å². The van der Waals surface area contributed by atoms with Crippen LogP contribution in [0, 0.1) is 11.7 Å². The molecule has 0 bridgehead atoms. The van der Waals surface area contributed by atoms with E-state index in [0.717, 1.165) is 22.9 Å². The molecule has 218 valence electrons. The molecule has 6 nitrogen and oxygen atoms in total. The molecule has 0 spiro atoms. The van der Waals surface area contributed by atoms with E-state index in [9.17, 15) is 22.4 Å². The number of methoxy groups -OCH3 is 2. The van der Waals surface area contributed by atoms with Crippen molar-refractivity contribution in [3.63, 3.8) is 0 Å². The van der Waals surface area contributed by atoms with Crippen LogP contribution in [0.3, 0.4) is 0 Å². The van der Waals surface area contributed by atoms with E-state index in [-0.39, 0.29) is 24.2 Å². The zero-order valence-corrected chi connectivity index (χ0v) is 23.0. The standard InChI is InChI=1S/C31H33F4N3O3/c1-40-28-10-5-20(15-29(28)41-2)11-12-36-30(39)25-17-22-16-23(31(33,34)35)6-9-26(22)38-14-13-37(19-27(25)38)18-21-3-7-24(32)8-4-21/h3-10,15-16,25,27H,11-14,17-19H2,1-2H3,(H,36,39). The van der Waals surface area contributed by atoms with Crippen molar-refractivity contribution < 1.29 is 31.8 Å². The summed E-state index contributed by atoms with van der Waals surface area (Å²) in [5, 5.41) is 3.03. The highest BCUT2D eigenvalue weighted by Gasteiger charge is 2.42. The first-order valence-corrected chi connectivity index (χ1v) is 13.6. The van der Waals surface area contributed by atoms with Crippen LogP contribution in [0.1, 0.15) is 22.3 Å². The third kappa shape index (κ3) is 6.43. The normalized spacial score (nSPS) is 18.8.